The van der Waals surface area contributed by atoms with Crippen LogP contribution in [0.3, 0.4) is 0 Å². The normalized spacial score (nSPS) is 10.3. The van der Waals surface area contributed by atoms with Crippen LogP contribution in [0.2, 0.25) is 0 Å². The van der Waals surface area contributed by atoms with Crippen molar-refractivity contribution in [1.82, 2.24) is 15.0 Å². The van der Waals surface area contributed by atoms with Crippen LogP contribution in [0.1, 0.15) is 11.4 Å². The van der Waals surface area contributed by atoms with Gasteiger partial charge < -0.3 is 10.7 Å². The van der Waals surface area contributed by atoms with Gasteiger partial charge in [0.05, 0.1) is 5.69 Å². The number of anilines is 1. The van der Waals surface area contributed by atoms with Gasteiger partial charge in [-0.25, -0.2) is 4.98 Å². The Hall–Kier alpha value is -1.84. The van der Waals surface area contributed by atoms with Crippen molar-refractivity contribution in [3.05, 3.63) is 42.0 Å². The molecule has 0 saturated heterocycles. The molecule has 2 heterocycles. The smallest absolute Gasteiger partial charge is 0.197 e. The minimum absolute atomic E-state index is 0.473. The van der Waals surface area contributed by atoms with E-state index in [0.717, 1.165) is 24.2 Å². The molecule has 0 aliphatic carbocycles. The van der Waals surface area contributed by atoms with Gasteiger partial charge >= 0.3 is 0 Å². The highest BCUT2D eigenvalue weighted by Gasteiger charge is 1.99. The van der Waals surface area contributed by atoms with Gasteiger partial charge in [0.25, 0.3) is 0 Å². The maximum atomic E-state index is 5.47. The van der Waals surface area contributed by atoms with Crippen LogP contribution in [0.15, 0.2) is 30.6 Å². The van der Waals surface area contributed by atoms with Gasteiger partial charge in [0, 0.05) is 18.1 Å². The fourth-order valence-electron chi connectivity index (χ4n) is 1.31. The first-order valence-corrected chi connectivity index (χ1v) is 4.54. The van der Waals surface area contributed by atoms with Crippen molar-refractivity contribution < 1.29 is 0 Å². The summed E-state index contributed by atoms with van der Waals surface area (Å²) in [4.78, 5) is 11.2. The third-order valence-electron chi connectivity index (χ3n) is 2.01. The minimum Gasteiger partial charge on any atom is -0.369 e. The number of aromatic nitrogens is 3. The van der Waals surface area contributed by atoms with Gasteiger partial charge in [0.1, 0.15) is 0 Å². The molecule has 0 aromatic carbocycles. The zero-order chi connectivity index (χ0) is 9.80. The molecular weight excluding hydrogens is 176 g/mol. The average Bonchev–Trinajstić information content (AvgIpc) is 2.63. The fourth-order valence-corrected chi connectivity index (χ4v) is 1.31. The molecule has 0 saturated carbocycles. The van der Waals surface area contributed by atoms with E-state index in [1.54, 1.807) is 6.20 Å². The van der Waals surface area contributed by atoms with Crippen LogP contribution >= 0.6 is 0 Å². The van der Waals surface area contributed by atoms with Crippen LogP contribution < -0.4 is 5.73 Å². The standard InChI is InChI=1S/C10H12N4/c11-10-13-7-9(14-10)5-4-8-3-1-2-6-12-8/h1-3,6-7H,4-5H2,(H3,11,13,14). The second-order valence-electron chi connectivity index (χ2n) is 3.10. The molecule has 4 heteroatoms. The van der Waals surface area contributed by atoms with Crippen molar-refractivity contribution in [1.29, 1.82) is 0 Å². The Morgan fingerprint density at radius 3 is 2.71 bits per heavy atom. The molecule has 0 radical (unpaired) electrons. The van der Waals surface area contributed by atoms with E-state index >= 15 is 0 Å². The first kappa shape index (κ1) is 8.74. The van der Waals surface area contributed by atoms with Gasteiger partial charge in [0.15, 0.2) is 5.95 Å². The number of rotatable bonds is 3. The van der Waals surface area contributed by atoms with Gasteiger partial charge in [-0.3, -0.25) is 4.98 Å². The lowest BCUT2D eigenvalue weighted by atomic mass is 10.2. The highest BCUT2D eigenvalue weighted by atomic mass is 15.0. The summed E-state index contributed by atoms with van der Waals surface area (Å²) < 4.78 is 0. The number of imidazole rings is 1. The third kappa shape index (κ3) is 2.10. The van der Waals surface area contributed by atoms with Crippen molar-refractivity contribution in [2.45, 2.75) is 12.8 Å². The van der Waals surface area contributed by atoms with E-state index in [1.807, 2.05) is 24.4 Å². The average molecular weight is 188 g/mol. The summed E-state index contributed by atoms with van der Waals surface area (Å²) in [5.41, 5.74) is 7.52. The summed E-state index contributed by atoms with van der Waals surface area (Å²) in [5, 5.41) is 0. The van der Waals surface area contributed by atoms with E-state index in [4.69, 9.17) is 5.73 Å². The van der Waals surface area contributed by atoms with E-state index in [1.165, 1.54) is 0 Å². The minimum atomic E-state index is 0.473. The lowest BCUT2D eigenvalue weighted by molar-refractivity contribution is 0.889. The zero-order valence-corrected chi connectivity index (χ0v) is 7.77. The Bertz CT molecular complexity index is 394. The lowest BCUT2D eigenvalue weighted by Gasteiger charge is -1.96. The number of pyridine rings is 1. The second kappa shape index (κ2) is 3.91. The summed E-state index contributed by atoms with van der Waals surface area (Å²) in [6.45, 7) is 0. The molecule has 0 amide bonds. The molecular formula is C10H12N4. The van der Waals surface area contributed by atoms with Gasteiger partial charge in [-0.05, 0) is 25.0 Å². The van der Waals surface area contributed by atoms with E-state index in [-0.39, 0.29) is 0 Å². The van der Waals surface area contributed by atoms with Crippen LogP contribution in [0.5, 0.6) is 0 Å². The Labute approximate surface area is 82.2 Å². The van der Waals surface area contributed by atoms with Crippen LogP contribution in [0, 0.1) is 0 Å². The molecule has 2 aromatic rings. The van der Waals surface area contributed by atoms with Crippen LogP contribution in [0.25, 0.3) is 0 Å². The molecule has 0 fully saturated rings. The predicted octanol–water partition coefficient (Wildman–Crippen LogP) is 1.17. The number of H-pyrrole nitrogens is 1. The van der Waals surface area contributed by atoms with Gasteiger partial charge in [-0.2, -0.15) is 0 Å². The first-order valence-electron chi connectivity index (χ1n) is 4.54. The van der Waals surface area contributed by atoms with E-state index in [2.05, 4.69) is 15.0 Å². The number of aryl methyl sites for hydroxylation is 2. The number of aromatic amines is 1. The first-order chi connectivity index (χ1) is 6.84. The van der Waals surface area contributed by atoms with Crippen molar-refractivity contribution in [2.75, 3.05) is 5.73 Å². The summed E-state index contributed by atoms with van der Waals surface area (Å²) in [5.74, 6) is 0.473. The highest BCUT2D eigenvalue weighted by Crippen LogP contribution is 2.03. The topological polar surface area (TPSA) is 67.6 Å². The van der Waals surface area contributed by atoms with E-state index in [0.29, 0.717) is 5.95 Å². The fraction of sp³-hybridized carbons (Fsp3) is 0.200. The predicted molar refractivity (Wildman–Crippen MR) is 54.6 cm³/mol. The molecule has 0 bridgehead atoms. The highest BCUT2D eigenvalue weighted by molar-refractivity contribution is 5.19. The largest absolute Gasteiger partial charge is 0.369 e. The van der Waals surface area contributed by atoms with Crippen LogP contribution in [0.4, 0.5) is 5.95 Å². The van der Waals surface area contributed by atoms with Crippen LogP contribution in [-0.2, 0) is 12.8 Å². The number of hydrogen-bond acceptors (Lipinski definition) is 3. The molecule has 14 heavy (non-hydrogen) atoms. The monoisotopic (exact) mass is 188 g/mol. The van der Waals surface area contributed by atoms with Crippen molar-refractivity contribution >= 4 is 5.95 Å². The molecule has 0 spiro atoms. The van der Waals surface area contributed by atoms with E-state index in [9.17, 15) is 0 Å². The molecule has 3 N–H and O–H groups in total. The number of hydrogen-bond donors (Lipinski definition) is 2. The molecule has 4 nitrogen and oxygen atoms in total. The SMILES string of the molecule is Nc1nc(CCc2ccccn2)c[nH]1. The Morgan fingerprint density at radius 1 is 1.21 bits per heavy atom. The Morgan fingerprint density at radius 2 is 2.07 bits per heavy atom. The molecule has 72 valence electrons. The molecule has 2 rings (SSSR count). The molecule has 0 aliphatic rings. The van der Waals surface area contributed by atoms with Gasteiger partial charge in [0.2, 0.25) is 0 Å². The quantitative estimate of drug-likeness (QED) is 0.759. The van der Waals surface area contributed by atoms with Crippen LogP contribution in [-0.4, -0.2) is 15.0 Å². The van der Waals surface area contributed by atoms with Crippen molar-refractivity contribution in [3.8, 4) is 0 Å². The third-order valence-corrected chi connectivity index (χ3v) is 2.01. The molecule has 2 aromatic heterocycles. The number of nitrogen functional groups attached to an aromatic ring is 1. The molecule has 0 atom stereocenters. The summed E-state index contributed by atoms with van der Waals surface area (Å²) >= 11 is 0. The maximum Gasteiger partial charge on any atom is 0.197 e. The second-order valence-corrected chi connectivity index (χ2v) is 3.10. The zero-order valence-electron chi connectivity index (χ0n) is 7.77. The number of nitrogens with zero attached hydrogens (tertiary/aromatic N) is 2. The lowest BCUT2D eigenvalue weighted by Crippen LogP contribution is -1.94. The van der Waals surface area contributed by atoms with Crippen molar-refractivity contribution in [2.24, 2.45) is 0 Å². The van der Waals surface area contributed by atoms with Gasteiger partial charge in [-0.15, -0.1) is 0 Å². The molecule has 0 aliphatic heterocycles. The summed E-state index contributed by atoms with van der Waals surface area (Å²) in [6.07, 6.45) is 5.39. The Kier molecular flexibility index (Phi) is 2.44. The van der Waals surface area contributed by atoms with Gasteiger partial charge in [-0.1, -0.05) is 6.07 Å². The number of nitrogens with two attached hydrogens (primary N) is 1. The van der Waals surface area contributed by atoms with E-state index < -0.39 is 0 Å². The number of nitrogens with one attached hydrogen (secondary N) is 1. The molecule has 0 unspecified atom stereocenters. The summed E-state index contributed by atoms with van der Waals surface area (Å²) in [7, 11) is 0. The van der Waals surface area contributed by atoms with Crippen molar-refractivity contribution in [3.63, 3.8) is 0 Å². The maximum absolute atomic E-state index is 5.47. The Balaban J connectivity index is 1.95. The summed E-state index contributed by atoms with van der Waals surface area (Å²) in [6, 6.07) is 5.91.